The van der Waals surface area contributed by atoms with Gasteiger partial charge in [0.25, 0.3) is 5.91 Å². The van der Waals surface area contributed by atoms with Gasteiger partial charge in [0, 0.05) is 56.3 Å². The zero-order valence-corrected chi connectivity index (χ0v) is 25.1. The maximum atomic E-state index is 13.7. The second-order valence-corrected chi connectivity index (χ2v) is 12.7. The Bertz CT molecular complexity index is 1550. The summed E-state index contributed by atoms with van der Waals surface area (Å²) in [6.07, 6.45) is 5.07. The minimum atomic E-state index is -0.425. The van der Waals surface area contributed by atoms with Crippen molar-refractivity contribution in [3.05, 3.63) is 86.4 Å². The molecule has 214 valence electrons. The number of thiazole rings is 1. The van der Waals surface area contributed by atoms with Crippen molar-refractivity contribution in [3.63, 3.8) is 0 Å². The summed E-state index contributed by atoms with van der Waals surface area (Å²) in [6.45, 7) is 5.74. The Balaban J connectivity index is 1.19. The number of rotatable bonds is 5. The number of piperidine rings is 1. The molecule has 0 radical (unpaired) electrons. The van der Waals surface area contributed by atoms with Gasteiger partial charge in [-0.1, -0.05) is 46.6 Å². The number of likely N-dealkylation sites (tertiary alicyclic amines) is 1. The van der Waals surface area contributed by atoms with Crippen LogP contribution in [0.1, 0.15) is 65.1 Å². The monoisotopic (exact) mass is 613 g/mol. The van der Waals surface area contributed by atoms with Gasteiger partial charge in [-0.15, -0.1) is 16.4 Å². The molecule has 1 amide bonds. The topological polar surface area (TPSA) is 73.1 Å². The van der Waals surface area contributed by atoms with Crippen LogP contribution in [0, 0.1) is 12.7 Å². The molecule has 2 fully saturated rings. The Morgan fingerprint density at radius 3 is 2.51 bits per heavy atom. The molecule has 2 aliphatic heterocycles. The lowest BCUT2D eigenvalue weighted by Crippen LogP contribution is -2.44. The number of aryl methyl sites for hydroxylation is 1. The number of aromatic nitrogens is 4. The molecule has 2 aromatic carbocycles. The molecule has 0 bridgehead atoms. The molecule has 41 heavy (non-hydrogen) atoms. The quantitative estimate of drug-likeness (QED) is 0.240. The van der Waals surface area contributed by atoms with Crippen LogP contribution >= 0.6 is 34.5 Å². The van der Waals surface area contributed by atoms with Crippen molar-refractivity contribution in [2.75, 3.05) is 19.8 Å². The molecule has 2 aliphatic rings. The van der Waals surface area contributed by atoms with Crippen molar-refractivity contribution >= 4 is 40.4 Å². The van der Waals surface area contributed by atoms with Gasteiger partial charge >= 0.3 is 0 Å². The van der Waals surface area contributed by atoms with Crippen molar-refractivity contribution in [1.82, 2.24) is 24.9 Å². The zero-order valence-electron chi connectivity index (χ0n) is 22.8. The summed E-state index contributed by atoms with van der Waals surface area (Å²) in [6, 6.07) is 12.0. The molecule has 11 heteroatoms. The highest BCUT2D eigenvalue weighted by molar-refractivity contribution is 7.17. The van der Waals surface area contributed by atoms with Crippen molar-refractivity contribution in [2.24, 2.45) is 0 Å². The van der Waals surface area contributed by atoms with Crippen molar-refractivity contribution in [2.45, 2.75) is 57.0 Å². The summed E-state index contributed by atoms with van der Waals surface area (Å²) in [5, 5.41) is 10.8. The minimum absolute atomic E-state index is 0.00869. The van der Waals surface area contributed by atoms with Crippen LogP contribution in [-0.2, 0) is 10.3 Å². The van der Waals surface area contributed by atoms with Crippen LogP contribution in [0.15, 0.2) is 48.7 Å². The van der Waals surface area contributed by atoms with Gasteiger partial charge in [-0.2, -0.15) is 0 Å². The molecule has 2 saturated heterocycles. The van der Waals surface area contributed by atoms with E-state index in [1.165, 1.54) is 23.5 Å². The first kappa shape index (κ1) is 28.3. The fourth-order valence-corrected chi connectivity index (χ4v) is 7.85. The van der Waals surface area contributed by atoms with Gasteiger partial charge in [0.2, 0.25) is 0 Å². The molecule has 0 N–H and O–H groups in total. The lowest BCUT2D eigenvalue weighted by molar-refractivity contribution is 0.0330. The number of halogens is 3. The number of ether oxygens (including phenoxy) is 1. The average Bonchev–Trinajstić information content (AvgIpc) is 3.61. The Kier molecular flexibility index (Phi) is 7.89. The van der Waals surface area contributed by atoms with Crippen LogP contribution in [0.3, 0.4) is 0 Å². The van der Waals surface area contributed by atoms with Crippen LogP contribution in [0.25, 0.3) is 10.6 Å². The van der Waals surface area contributed by atoms with Crippen molar-refractivity contribution < 1.29 is 13.9 Å². The zero-order chi connectivity index (χ0) is 28.7. The van der Waals surface area contributed by atoms with Gasteiger partial charge in [-0.25, -0.2) is 14.1 Å². The highest BCUT2D eigenvalue weighted by Crippen LogP contribution is 2.40. The standard InChI is InChI=1S/C30H30Cl2FN5O2S/c1-18-16-20(25-17-38(36-35-25)30(11-14-40-15-12-30)21-6-8-22(33)9-7-21)10-13-37(18)29(39)27-19(2)34-28(41-27)26-23(31)4-3-5-24(26)32/h3-9,17-18,20H,10-16H2,1-2H3. The van der Waals surface area contributed by atoms with Crippen molar-refractivity contribution in [1.29, 1.82) is 0 Å². The predicted octanol–water partition coefficient (Wildman–Crippen LogP) is 7.12. The van der Waals surface area contributed by atoms with E-state index in [1.54, 1.807) is 18.2 Å². The third-order valence-corrected chi connectivity index (χ3v) is 10.2. The van der Waals surface area contributed by atoms with Gasteiger partial charge < -0.3 is 9.64 Å². The number of nitrogens with zero attached hydrogens (tertiary/aromatic N) is 5. The van der Waals surface area contributed by atoms with E-state index in [0.717, 1.165) is 36.9 Å². The molecular formula is C30H30Cl2FN5O2S. The molecular weight excluding hydrogens is 584 g/mol. The molecule has 4 aromatic rings. The first-order valence-electron chi connectivity index (χ1n) is 13.8. The molecule has 2 aromatic heterocycles. The number of hydrogen-bond acceptors (Lipinski definition) is 6. The average molecular weight is 615 g/mol. The number of amides is 1. The summed E-state index contributed by atoms with van der Waals surface area (Å²) in [5.41, 5.74) is 2.82. The van der Waals surface area contributed by atoms with Crippen molar-refractivity contribution in [3.8, 4) is 10.6 Å². The van der Waals surface area contributed by atoms with Crippen LogP contribution in [0.4, 0.5) is 4.39 Å². The second kappa shape index (κ2) is 11.4. The summed E-state index contributed by atoms with van der Waals surface area (Å²) < 4.78 is 21.3. The SMILES string of the molecule is Cc1nc(-c2c(Cl)cccc2Cl)sc1C(=O)N1CCC(c2cn(C3(c4ccc(F)cc4)CCOCC3)nn2)CC1C. The predicted molar refractivity (Wildman–Crippen MR) is 158 cm³/mol. The molecule has 0 spiro atoms. The lowest BCUT2D eigenvalue weighted by Gasteiger charge is -2.38. The molecule has 0 aliphatic carbocycles. The van der Waals surface area contributed by atoms with Crippen LogP contribution in [0.5, 0.6) is 0 Å². The van der Waals surface area contributed by atoms with Crippen LogP contribution in [0.2, 0.25) is 10.0 Å². The minimum Gasteiger partial charge on any atom is -0.381 e. The first-order chi connectivity index (χ1) is 19.8. The molecule has 2 unspecified atom stereocenters. The number of carbonyl (C=O) groups is 1. The Hall–Kier alpha value is -2.85. The second-order valence-electron chi connectivity index (χ2n) is 10.8. The maximum absolute atomic E-state index is 13.7. The summed E-state index contributed by atoms with van der Waals surface area (Å²) in [5.74, 6) is -0.114. The van der Waals surface area contributed by atoms with E-state index >= 15 is 0 Å². The lowest BCUT2D eigenvalue weighted by atomic mass is 9.82. The fourth-order valence-electron chi connectivity index (χ4n) is 6.07. The highest BCUT2D eigenvalue weighted by atomic mass is 35.5. The third kappa shape index (κ3) is 5.29. The smallest absolute Gasteiger partial charge is 0.266 e. The summed E-state index contributed by atoms with van der Waals surface area (Å²) >= 11 is 14.1. The Morgan fingerprint density at radius 1 is 1.12 bits per heavy atom. The normalized spacial score (nSPS) is 20.8. The van der Waals surface area contributed by atoms with E-state index in [2.05, 4.69) is 22.2 Å². The van der Waals surface area contributed by atoms with Gasteiger partial charge in [0.05, 0.1) is 27.0 Å². The molecule has 7 nitrogen and oxygen atoms in total. The van der Waals surface area contributed by atoms with Crippen LogP contribution < -0.4 is 0 Å². The number of benzene rings is 2. The number of carbonyl (C=O) groups excluding carboxylic acids is 1. The Labute approximate surface area is 252 Å². The van der Waals surface area contributed by atoms with Gasteiger partial charge in [-0.05, 0) is 56.5 Å². The van der Waals surface area contributed by atoms with Gasteiger partial charge in [0.1, 0.15) is 15.7 Å². The van der Waals surface area contributed by atoms with E-state index in [0.29, 0.717) is 50.9 Å². The van der Waals surface area contributed by atoms with E-state index < -0.39 is 5.54 Å². The summed E-state index contributed by atoms with van der Waals surface area (Å²) in [4.78, 5) is 20.9. The largest absolute Gasteiger partial charge is 0.381 e. The number of hydrogen-bond donors (Lipinski definition) is 0. The van der Waals surface area contributed by atoms with E-state index in [-0.39, 0.29) is 23.7 Å². The molecule has 2 atom stereocenters. The molecule has 0 saturated carbocycles. The van der Waals surface area contributed by atoms with E-state index in [4.69, 9.17) is 27.9 Å². The van der Waals surface area contributed by atoms with Gasteiger partial charge in [0.15, 0.2) is 0 Å². The fraction of sp³-hybridized carbons (Fsp3) is 0.400. The highest BCUT2D eigenvalue weighted by Gasteiger charge is 2.39. The molecule has 6 rings (SSSR count). The van der Waals surface area contributed by atoms with E-state index in [1.807, 2.05) is 34.8 Å². The van der Waals surface area contributed by atoms with E-state index in [9.17, 15) is 9.18 Å². The Morgan fingerprint density at radius 2 is 1.83 bits per heavy atom. The molecule has 4 heterocycles. The van der Waals surface area contributed by atoms with Crippen LogP contribution in [-0.4, -0.2) is 56.6 Å². The van der Waals surface area contributed by atoms with Gasteiger partial charge in [-0.3, -0.25) is 4.79 Å². The third-order valence-electron chi connectivity index (χ3n) is 8.37. The maximum Gasteiger partial charge on any atom is 0.266 e. The first-order valence-corrected chi connectivity index (χ1v) is 15.3. The summed E-state index contributed by atoms with van der Waals surface area (Å²) in [7, 11) is 0.